The van der Waals surface area contributed by atoms with Crippen LogP contribution in [0.1, 0.15) is 38.2 Å². The zero-order valence-electron chi connectivity index (χ0n) is 11.9. The molecule has 3 atom stereocenters. The lowest BCUT2D eigenvalue weighted by Crippen LogP contribution is -2.38. The minimum atomic E-state index is 0.211. The highest BCUT2D eigenvalue weighted by molar-refractivity contribution is 6.32. The van der Waals surface area contributed by atoms with Crippen LogP contribution in [0.5, 0.6) is 5.75 Å². The van der Waals surface area contributed by atoms with E-state index in [9.17, 15) is 0 Å². The van der Waals surface area contributed by atoms with Crippen molar-refractivity contribution in [2.75, 3.05) is 6.54 Å². The van der Waals surface area contributed by atoms with Gasteiger partial charge in [0.25, 0.3) is 0 Å². The van der Waals surface area contributed by atoms with Crippen LogP contribution in [0.4, 0.5) is 0 Å². The van der Waals surface area contributed by atoms with E-state index in [1.54, 1.807) is 0 Å². The molecule has 1 fully saturated rings. The highest BCUT2D eigenvalue weighted by Crippen LogP contribution is 2.35. The Bertz CT molecular complexity index is 421. The van der Waals surface area contributed by atoms with Crippen molar-refractivity contribution in [2.24, 2.45) is 17.6 Å². The Hall–Kier alpha value is -0.730. The second-order valence-corrected chi connectivity index (χ2v) is 6.08. The summed E-state index contributed by atoms with van der Waals surface area (Å²) < 4.78 is 6.19. The van der Waals surface area contributed by atoms with Crippen molar-refractivity contribution in [1.82, 2.24) is 0 Å². The molecule has 0 amide bonds. The first-order valence-electron chi connectivity index (χ1n) is 7.27. The molecule has 2 N–H and O–H groups in total. The van der Waals surface area contributed by atoms with E-state index in [1.165, 1.54) is 24.8 Å². The largest absolute Gasteiger partial charge is 0.489 e. The maximum Gasteiger partial charge on any atom is 0.138 e. The van der Waals surface area contributed by atoms with Crippen molar-refractivity contribution in [2.45, 2.75) is 45.6 Å². The van der Waals surface area contributed by atoms with E-state index in [0.29, 0.717) is 17.5 Å². The normalized spacial score (nSPS) is 27.3. The van der Waals surface area contributed by atoms with Gasteiger partial charge < -0.3 is 10.5 Å². The minimum absolute atomic E-state index is 0.211. The van der Waals surface area contributed by atoms with Gasteiger partial charge in [0.15, 0.2) is 0 Å². The van der Waals surface area contributed by atoms with Gasteiger partial charge in [-0.3, -0.25) is 0 Å². The second-order valence-electron chi connectivity index (χ2n) is 5.67. The molecule has 0 heterocycles. The first-order chi connectivity index (χ1) is 9.13. The number of rotatable bonds is 4. The fourth-order valence-corrected chi connectivity index (χ4v) is 3.09. The monoisotopic (exact) mass is 281 g/mol. The van der Waals surface area contributed by atoms with Crippen LogP contribution in [-0.4, -0.2) is 12.6 Å². The molecule has 0 aliphatic heterocycles. The van der Waals surface area contributed by atoms with E-state index < -0.39 is 0 Å². The maximum atomic E-state index is 6.22. The molecule has 0 bridgehead atoms. The van der Waals surface area contributed by atoms with E-state index in [2.05, 4.69) is 13.8 Å². The van der Waals surface area contributed by atoms with Gasteiger partial charge in [-0.15, -0.1) is 0 Å². The molecule has 0 radical (unpaired) electrons. The number of nitrogens with two attached hydrogens (primary N) is 1. The molecular formula is C16H24ClNO. The highest BCUT2D eigenvalue weighted by Gasteiger charge is 2.30. The summed E-state index contributed by atoms with van der Waals surface area (Å²) in [5.41, 5.74) is 7.06. The minimum Gasteiger partial charge on any atom is -0.489 e. The Morgan fingerprint density at radius 2 is 2.16 bits per heavy atom. The third kappa shape index (κ3) is 3.64. The summed E-state index contributed by atoms with van der Waals surface area (Å²) in [5.74, 6) is 2.03. The number of hydrogen-bond acceptors (Lipinski definition) is 2. The first kappa shape index (κ1) is 14.7. The molecule has 0 spiro atoms. The van der Waals surface area contributed by atoms with Crippen molar-refractivity contribution in [1.29, 1.82) is 0 Å². The lowest BCUT2D eigenvalue weighted by molar-refractivity contribution is 0.0685. The molecule has 3 unspecified atom stereocenters. The molecule has 2 nitrogen and oxygen atoms in total. The predicted octanol–water partition coefficient (Wildman–Crippen LogP) is 4.18. The third-order valence-electron chi connectivity index (χ3n) is 4.28. The van der Waals surface area contributed by atoms with Crippen LogP contribution >= 0.6 is 11.6 Å². The van der Waals surface area contributed by atoms with Gasteiger partial charge in [0.05, 0.1) is 5.02 Å². The molecule has 1 aromatic carbocycles. The fraction of sp³-hybridized carbons (Fsp3) is 0.625. The van der Waals surface area contributed by atoms with Crippen molar-refractivity contribution >= 4 is 11.6 Å². The zero-order valence-corrected chi connectivity index (χ0v) is 12.6. The Morgan fingerprint density at radius 3 is 2.84 bits per heavy atom. The Kier molecular flexibility index (Phi) is 5.12. The fourth-order valence-electron chi connectivity index (χ4n) is 2.92. The Morgan fingerprint density at radius 1 is 1.37 bits per heavy atom. The molecule has 3 heteroatoms. The third-order valence-corrected chi connectivity index (χ3v) is 4.59. The smallest absolute Gasteiger partial charge is 0.138 e. The summed E-state index contributed by atoms with van der Waals surface area (Å²) in [5, 5.41) is 0.694. The van der Waals surface area contributed by atoms with Gasteiger partial charge in [-0.25, -0.2) is 0 Å². The van der Waals surface area contributed by atoms with Crippen LogP contribution in [-0.2, 0) is 0 Å². The first-order valence-corrected chi connectivity index (χ1v) is 7.64. The molecule has 2 rings (SSSR count). The highest BCUT2D eigenvalue weighted by atomic mass is 35.5. The number of hydrogen-bond donors (Lipinski definition) is 1. The van der Waals surface area contributed by atoms with Crippen molar-refractivity contribution in [3.05, 3.63) is 28.8 Å². The van der Waals surface area contributed by atoms with E-state index in [1.807, 2.05) is 18.2 Å². The average molecular weight is 282 g/mol. The van der Waals surface area contributed by atoms with E-state index in [-0.39, 0.29) is 6.10 Å². The number of aryl methyl sites for hydroxylation is 1. The summed E-state index contributed by atoms with van der Waals surface area (Å²) >= 11 is 6.22. The molecule has 1 saturated carbocycles. The van der Waals surface area contributed by atoms with Gasteiger partial charge >= 0.3 is 0 Å². The molecule has 1 aliphatic rings. The van der Waals surface area contributed by atoms with Gasteiger partial charge in [0, 0.05) is 5.92 Å². The van der Waals surface area contributed by atoms with E-state index in [0.717, 1.165) is 18.1 Å². The van der Waals surface area contributed by atoms with Gasteiger partial charge in [-0.1, -0.05) is 31.0 Å². The maximum absolute atomic E-state index is 6.22. The van der Waals surface area contributed by atoms with Crippen LogP contribution in [0.3, 0.4) is 0 Å². The number of halogens is 1. The van der Waals surface area contributed by atoms with Crippen molar-refractivity contribution in [3.63, 3.8) is 0 Å². The molecule has 106 valence electrons. The molecule has 1 aliphatic carbocycles. The molecule has 0 aromatic heterocycles. The van der Waals surface area contributed by atoms with Gasteiger partial charge in [-0.2, -0.15) is 0 Å². The summed E-state index contributed by atoms with van der Waals surface area (Å²) in [6, 6.07) is 5.93. The zero-order chi connectivity index (χ0) is 13.8. The van der Waals surface area contributed by atoms with Crippen LogP contribution in [0, 0.1) is 18.8 Å². The van der Waals surface area contributed by atoms with Gasteiger partial charge in [-0.05, 0) is 56.3 Å². The summed E-state index contributed by atoms with van der Waals surface area (Å²) in [6.45, 7) is 5.01. The predicted molar refractivity (Wildman–Crippen MR) is 80.8 cm³/mol. The van der Waals surface area contributed by atoms with Gasteiger partial charge in [0.1, 0.15) is 11.9 Å². The van der Waals surface area contributed by atoms with Crippen LogP contribution in [0.15, 0.2) is 18.2 Å². The van der Waals surface area contributed by atoms with Crippen molar-refractivity contribution in [3.8, 4) is 5.75 Å². The Labute approximate surface area is 121 Å². The lowest BCUT2D eigenvalue weighted by Gasteiger charge is -2.35. The van der Waals surface area contributed by atoms with Gasteiger partial charge in [0.2, 0.25) is 0 Å². The quantitative estimate of drug-likeness (QED) is 0.898. The molecule has 19 heavy (non-hydrogen) atoms. The van der Waals surface area contributed by atoms with Crippen LogP contribution < -0.4 is 10.5 Å². The summed E-state index contributed by atoms with van der Waals surface area (Å²) in [4.78, 5) is 0. The summed E-state index contributed by atoms with van der Waals surface area (Å²) in [6.07, 6.45) is 4.98. The van der Waals surface area contributed by atoms with Crippen LogP contribution in [0.25, 0.3) is 0 Å². The summed E-state index contributed by atoms with van der Waals surface area (Å²) in [7, 11) is 0. The lowest BCUT2D eigenvalue weighted by atomic mass is 9.78. The average Bonchev–Trinajstić information content (AvgIpc) is 2.42. The van der Waals surface area contributed by atoms with Crippen molar-refractivity contribution < 1.29 is 4.74 Å². The van der Waals surface area contributed by atoms with E-state index in [4.69, 9.17) is 22.1 Å². The SMILES string of the molecule is CCC1CCC(CN)C(Oc2cc(C)ccc2Cl)C1. The standard InChI is InChI=1S/C16H24ClNO/c1-3-12-5-6-13(10-18)15(9-12)19-16-8-11(2)4-7-14(16)17/h4,7-8,12-13,15H,3,5-6,9-10,18H2,1-2H3. The second kappa shape index (κ2) is 6.62. The topological polar surface area (TPSA) is 35.2 Å². The van der Waals surface area contributed by atoms with E-state index >= 15 is 0 Å². The molecule has 0 saturated heterocycles. The number of benzene rings is 1. The molecule has 1 aromatic rings. The number of ether oxygens (including phenoxy) is 1. The van der Waals surface area contributed by atoms with Crippen LogP contribution in [0.2, 0.25) is 5.02 Å². The Balaban J connectivity index is 2.11. The molecular weight excluding hydrogens is 258 g/mol.